The SMILES string of the molecule is O=C(Cc1ccccc1[N+](=O)[O-])NC(c1ccc(Cl)cc1)C1CC1. The van der Waals surface area contributed by atoms with Crippen LogP contribution in [0.25, 0.3) is 0 Å². The molecule has 1 unspecified atom stereocenters. The van der Waals surface area contributed by atoms with Gasteiger partial charge in [-0.1, -0.05) is 41.9 Å². The van der Waals surface area contributed by atoms with Crippen LogP contribution in [-0.2, 0) is 11.2 Å². The maximum atomic E-state index is 12.4. The van der Waals surface area contributed by atoms with Crippen molar-refractivity contribution < 1.29 is 9.72 Å². The molecule has 1 atom stereocenters. The topological polar surface area (TPSA) is 72.2 Å². The Morgan fingerprint density at radius 2 is 1.88 bits per heavy atom. The Balaban J connectivity index is 1.73. The van der Waals surface area contributed by atoms with Crippen molar-refractivity contribution in [1.82, 2.24) is 5.32 Å². The number of hydrogen-bond acceptors (Lipinski definition) is 3. The van der Waals surface area contributed by atoms with E-state index in [0.717, 1.165) is 18.4 Å². The maximum absolute atomic E-state index is 12.4. The average molecular weight is 345 g/mol. The summed E-state index contributed by atoms with van der Waals surface area (Å²) in [5.41, 5.74) is 1.41. The number of amides is 1. The van der Waals surface area contributed by atoms with E-state index in [0.29, 0.717) is 16.5 Å². The van der Waals surface area contributed by atoms with Crippen LogP contribution in [-0.4, -0.2) is 10.8 Å². The van der Waals surface area contributed by atoms with Crippen molar-refractivity contribution in [2.75, 3.05) is 0 Å². The van der Waals surface area contributed by atoms with Crippen molar-refractivity contribution in [2.24, 2.45) is 5.92 Å². The third kappa shape index (κ3) is 3.92. The number of hydrogen-bond donors (Lipinski definition) is 1. The Hall–Kier alpha value is -2.40. The third-order valence-corrected chi connectivity index (χ3v) is 4.43. The Morgan fingerprint density at radius 3 is 2.50 bits per heavy atom. The lowest BCUT2D eigenvalue weighted by molar-refractivity contribution is -0.385. The van der Waals surface area contributed by atoms with E-state index in [2.05, 4.69) is 5.32 Å². The summed E-state index contributed by atoms with van der Waals surface area (Å²) in [5.74, 6) is 0.206. The smallest absolute Gasteiger partial charge is 0.273 e. The van der Waals surface area contributed by atoms with Crippen LogP contribution in [0.2, 0.25) is 5.02 Å². The van der Waals surface area contributed by atoms with Gasteiger partial charge in [-0.3, -0.25) is 14.9 Å². The van der Waals surface area contributed by atoms with Gasteiger partial charge < -0.3 is 5.32 Å². The van der Waals surface area contributed by atoms with Gasteiger partial charge in [0.15, 0.2) is 0 Å². The Morgan fingerprint density at radius 1 is 1.21 bits per heavy atom. The first-order chi connectivity index (χ1) is 11.5. The lowest BCUT2D eigenvalue weighted by atomic mass is 10.0. The molecule has 0 aliphatic heterocycles. The largest absolute Gasteiger partial charge is 0.349 e. The summed E-state index contributed by atoms with van der Waals surface area (Å²) < 4.78 is 0. The maximum Gasteiger partial charge on any atom is 0.273 e. The van der Waals surface area contributed by atoms with E-state index in [4.69, 9.17) is 11.6 Å². The number of nitro benzene ring substituents is 1. The molecule has 24 heavy (non-hydrogen) atoms. The molecular weight excluding hydrogens is 328 g/mol. The lowest BCUT2D eigenvalue weighted by Gasteiger charge is -2.19. The average Bonchev–Trinajstić information content (AvgIpc) is 3.39. The number of nitrogens with zero attached hydrogens (tertiary/aromatic N) is 1. The van der Waals surface area contributed by atoms with Crippen LogP contribution >= 0.6 is 11.6 Å². The van der Waals surface area contributed by atoms with Gasteiger partial charge >= 0.3 is 0 Å². The van der Waals surface area contributed by atoms with Crippen LogP contribution in [0.5, 0.6) is 0 Å². The molecule has 1 amide bonds. The van der Waals surface area contributed by atoms with Crippen LogP contribution in [0.3, 0.4) is 0 Å². The molecule has 0 heterocycles. The number of carbonyl (C=O) groups is 1. The predicted octanol–water partition coefficient (Wildman–Crippen LogP) is 4.06. The lowest BCUT2D eigenvalue weighted by Crippen LogP contribution is -2.31. The van der Waals surface area contributed by atoms with Crippen LogP contribution in [0.15, 0.2) is 48.5 Å². The van der Waals surface area contributed by atoms with Crippen LogP contribution in [0.1, 0.15) is 30.0 Å². The van der Waals surface area contributed by atoms with Gasteiger partial charge in [0.25, 0.3) is 5.69 Å². The normalized spacial score (nSPS) is 14.9. The van der Waals surface area contributed by atoms with E-state index in [1.807, 2.05) is 12.1 Å². The molecule has 0 bridgehead atoms. The number of para-hydroxylation sites is 1. The van der Waals surface area contributed by atoms with Gasteiger partial charge in [0, 0.05) is 16.7 Å². The Labute approximate surface area is 144 Å². The number of carbonyl (C=O) groups excluding carboxylic acids is 1. The number of rotatable bonds is 6. The molecule has 124 valence electrons. The molecule has 5 nitrogen and oxygen atoms in total. The highest BCUT2D eigenvalue weighted by molar-refractivity contribution is 6.30. The number of halogens is 1. The number of benzene rings is 2. The van der Waals surface area contributed by atoms with Crippen molar-refractivity contribution in [3.8, 4) is 0 Å². The molecule has 2 aromatic carbocycles. The fourth-order valence-electron chi connectivity index (χ4n) is 2.81. The van der Waals surface area contributed by atoms with Crippen molar-refractivity contribution in [3.63, 3.8) is 0 Å². The van der Waals surface area contributed by atoms with Crippen LogP contribution < -0.4 is 5.32 Å². The van der Waals surface area contributed by atoms with Crippen molar-refractivity contribution >= 4 is 23.2 Å². The molecule has 0 radical (unpaired) electrons. The van der Waals surface area contributed by atoms with Crippen molar-refractivity contribution in [2.45, 2.75) is 25.3 Å². The molecule has 0 spiro atoms. The van der Waals surface area contributed by atoms with Gasteiger partial charge in [0.1, 0.15) is 0 Å². The van der Waals surface area contributed by atoms with Crippen LogP contribution in [0.4, 0.5) is 5.69 Å². The zero-order valence-corrected chi connectivity index (χ0v) is 13.7. The highest BCUT2D eigenvalue weighted by Gasteiger charge is 2.33. The summed E-state index contributed by atoms with van der Waals surface area (Å²) in [7, 11) is 0. The minimum atomic E-state index is -0.458. The van der Waals surface area contributed by atoms with Gasteiger partial charge in [0.05, 0.1) is 17.4 Å². The van der Waals surface area contributed by atoms with Gasteiger partial charge in [-0.2, -0.15) is 0 Å². The summed E-state index contributed by atoms with van der Waals surface area (Å²) in [6, 6.07) is 13.7. The molecule has 0 saturated heterocycles. The van der Waals surface area contributed by atoms with Gasteiger partial charge in [-0.25, -0.2) is 0 Å². The zero-order chi connectivity index (χ0) is 17.1. The second-order valence-electron chi connectivity index (χ2n) is 6.00. The molecule has 1 fully saturated rings. The van der Waals surface area contributed by atoms with Crippen molar-refractivity contribution in [3.05, 3.63) is 74.8 Å². The second kappa shape index (κ2) is 7.01. The third-order valence-electron chi connectivity index (χ3n) is 4.18. The first-order valence-corrected chi connectivity index (χ1v) is 8.19. The molecular formula is C18H17ClN2O3. The summed E-state index contributed by atoms with van der Waals surface area (Å²) in [5, 5.41) is 14.7. The van der Waals surface area contributed by atoms with Gasteiger partial charge in [-0.15, -0.1) is 0 Å². The Bertz CT molecular complexity index is 757. The van der Waals surface area contributed by atoms with Crippen LogP contribution in [0, 0.1) is 16.0 Å². The van der Waals surface area contributed by atoms with E-state index in [1.54, 1.807) is 30.3 Å². The molecule has 1 aliphatic carbocycles. The highest BCUT2D eigenvalue weighted by atomic mass is 35.5. The standard InChI is InChI=1S/C18H17ClN2O3/c19-15-9-7-13(8-10-15)18(12-5-6-12)20-17(22)11-14-3-1-2-4-16(14)21(23)24/h1-4,7-10,12,18H,5-6,11H2,(H,20,22). The van der Waals surface area contributed by atoms with Gasteiger partial charge in [0.2, 0.25) is 5.91 Å². The highest BCUT2D eigenvalue weighted by Crippen LogP contribution is 2.41. The van der Waals surface area contributed by atoms with E-state index in [9.17, 15) is 14.9 Å². The van der Waals surface area contributed by atoms with E-state index in [1.165, 1.54) is 6.07 Å². The summed E-state index contributed by atoms with van der Waals surface area (Å²) in [4.78, 5) is 23.0. The summed E-state index contributed by atoms with van der Waals surface area (Å²) >= 11 is 5.92. The van der Waals surface area contributed by atoms with E-state index >= 15 is 0 Å². The summed E-state index contributed by atoms with van der Waals surface area (Å²) in [6.07, 6.45) is 2.13. The molecule has 0 aromatic heterocycles. The molecule has 2 aromatic rings. The fraction of sp³-hybridized carbons (Fsp3) is 0.278. The van der Waals surface area contributed by atoms with Gasteiger partial charge in [-0.05, 0) is 36.5 Å². The van der Waals surface area contributed by atoms with Crippen molar-refractivity contribution in [1.29, 1.82) is 0 Å². The monoisotopic (exact) mass is 344 g/mol. The molecule has 1 aliphatic rings. The van der Waals surface area contributed by atoms with E-state index < -0.39 is 4.92 Å². The first-order valence-electron chi connectivity index (χ1n) is 7.81. The summed E-state index contributed by atoms with van der Waals surface area (Å²) in [6.45, 7) is 0. The minimum Gasteiger partial charge on any atom is -0.349 e. The zero-order valence-electron chi connectivity index (χ0n) is 12.9. The predicted molar refractivity (Wildman–Crippen MR) is 91.9 cm³/mol. The minimum absolute atomic E-state index is 0.00599. The number of nitrogens with one attached hydrogen (secondary N) is 1. The molecule has 3 rings (SSSR count). The first kappa shape index (κ1) is 16.5. The molecule has 6 heteroatoms. The molecule has 1 N–H and O–H groups in total. The van der Waals surface area contributed by atoms with E-state index in [-0.39, 0.29) is 24.1 Å². The quantitative estimate of drug-likeness (QED) is 0.634. The molecule has 1 saturated carbocycles. The fourth-order valence-corrected chi connectivity index (χ4v) is 2.93. The second-order valence-corrected chi connectivity index (χ2v) is 6.43. The Kier molecular flexibility index (Phi) is 4.81. The number of nitro groups is 1.